The van der Waals surface area contributed by atoms with Crippen LogP contribution < -0.4 is 14.8 Å². The molecule has 0 bridgehead atoms. The maximum Gasteiger partial charge on any atom is 0.410 e. The van der Waals surface area contributed by atoms with Gasteiger partial charge in [-0.3, -0.25) is 20.2 Å². The Morgan fingerprint density at radius 3 is 2.63 bits per heavy atom. The molecule has 2 aromatic rings. The van der Waals surface area contributed by atoms with Gasteiger partial charge in [0.2, 0.25) is 0 Å². The van der Waals surface area contributed by atoms with E-state index in [1.165, 1.54) is 31.6 Å². The number of nitro groups is 1. The Morgan fingerprint density at radius 2 is 2.00 bits per heavy atom. The fourth-order valence-electron chi connectivity index (χ4n) is 2.99. The van der Waals surface area contributed by atoms with Gasteiger partial charge in [0.15, 0.2) is 16.6 Å². The number of methoxy groups -OCH3 is 2. The summed E-state index contributed by atoms with van der Waals surface area (Å²) in [6, 6.07) is 2.39. The van der Waals surface area contributed by atoms with Crippen molar-refractivity contribution in [2.24, 2.45) is 0 Å². The number of thiazole rings is 1. The molecule has 11 nitrogen and oxygen atoms in total. The van der Waals surface area contributed by atoms with Crippen LogP contribution in [-0.2, 0) is 17.7 Å². The molecule has 2 heterocycles. The Labute approximate surface area is 175 Å². The fraction of sp³-hybridized carbons (Fsp3) is 0.389. The highest BCUT2D eigenvalue weighted by Gasteiger charge is 2.28. The van der Waals surface area contributed by atoms with Gasteiger partial charge in [0.25, 0.3) is 11.6 Å². The Bertz CT molecular complexity index is 991. The molecule has 1 aliphatic heterocycles. The number of nitrogens with zero attached hydrogens (tertiary/aromatic N) is 3. The molecular weight excluding hydrogens is 416 g/mol. The molecule has 1 aromatic heterocycles. The van der Waals surface area contributed by atoms with E-state index in [9.17, 15) is 19.7 Å². The molecule has 0 spiro atoms. The van der Waals surface area contributed by atoms with Crippen molar-refractivity contribution in [3.05, 3.63) is 38.4 Å². The molecular formula is C18H20N4O7S. The molecule has 0 aliphatic carbocycles. The first kappa shape index (κ1) is 21.3. The van der Waals surface area contributed by atoms with E-state index in [1.54, 1.807) is 11.8 Å². The van der Waals surface area contributed by atoms with E-state index in [1.807, 2.05) is 0 Å². The number of hydrogen-bond acceptors (Lipinski definition) is 9. The van der Waals surface area contributed by atoms with Gasteiger partial charge in [0, 0.05) is 23.9 Å². The highest BCUT2D eigenvalue weighted by Crippen LogP contribution is 2.35. The van der Waals surface area contributed by atoms with Crippen LogP contribution in [0.15, 0.2) is 12.1 Å². The molecule has 160 valence electrons. The van der Waals surface area contributed by atoms with Crippen LogP contribution in [0.25, 0.3) is 0 Å². The third-order valence-corrected chi connectivity index (χ3v) is 5.42. The molecule has 0 unspecified atom stereocenters. The quantitative estimate of drug-likeness (QED) is 0.540. The SMILES string of the molecule is CCOC(=O)N1CCc2nc(NC(=O)c3cc(OC)c(OC)cc3[N+](=O)[O-])sc2C1. The van der Waals surface area contributed by atoms with Crippen molar-refractivity contribution in [1.82, 2.24) is 9.88 Å². The number of nitrogens with one attached hydrogen (secondary N) is 1. The number of benzene rings is 1. The van der Waals surface area contributed by atoms with Gasteiger partial charge in [0.1, 0.15) is 5.56 Å². The van der Waals surface area contributed by atoms with E-state index in [0.29, 0.717) is 24.6 Å². The average molecular weight is 436 g/mol. The minimum atomic E-state index is -0.698. The van der Waals surface area contributed by atoms with E-state index in [4.69, 9.17) is 14.2 Å². The summed E-state index contributed by atoms with van der Waals surface area (Å²) < 4.78 is 15.2. The predicted molar refractivity (Wildman–Crippen MR) is 107 cm³/mol. The van der Waals surface area contributed by atoms with Gasteiger partial charge >= 0.3 is 6.09 Å². The zero-order valence-electron chi connectivity index (χ0n) is 16.6. The maximum atomic E-state index is 12.7. The van der Waals surface area contributed by atoms with Crippen molar-refractivity contribution < 1.29 is 28.7 Å². The molecule has 12 heteroatoms. The molecule has 0 saturated heterocycles. The molecule has 1 aromatic carbocycles. The molecule has 0 atom stereocenters. The van der Waals surface area contributed by atoms with Gasteiger partial charge in [-0.2, -0.15) is 0 Å². The number of fused-ring (bicyclic) bond motifs is 1. The fourth-order valence-corrected chi connectivity index (χ4v) is 4.00. The van der Waals surface area contributed by atoms with E-state index in [0.717, 1.165) is 16.6 Å². The number of carbonyl (C=O) groups excluding carboxylic acids is 2. The average Bonchev–Trinajstić information content (AvgIpc) is 3.13. The Kier molecular flexibility index (Phi) is 6.35. The summed E-state index contributed by atoms with van der Waals surface area (Å²) in [7, 11) is 2.72. The highest BCUT2D eigenvalue weighted by atomic mass is 32.1. The largest absolute Gasteiger partial charge is 0.493 e. The zero-order valence-corrected chi connectivity index (χ0v) is 17.4. The molecule has 0 fully saturated rings. The van der Waals surface area contributed by atoms with Crippen LogP contribution in [0.3, 0.4) is 0 Å². The Balaban J connectivity index is 1.82. The van der Waals surface area contributed by atoms with Crippen molar-refractivity contribution in [2.45, 2.75) is 19.9 Å². The highest BCUT2D eigenvalue weighted by molar-refractivity contribution is 7.15. The lowest BCUT2D eigenvalue weighted by atomic mass is 10.1. The van der Waals surface area contributed by atoms with Gasteiger partial charge in [-0.15, -0.1) is 0 Å². The topological polar surface area (TPSA) is 133 Å². The van der Waals surface area contributed by atoms with E-state index in [2.05, 4.69) is 10.3 Å². The summed E-state index contributed by atoms with van der Waals surface area (Å²) in [6.45, 7) is 2.82. The second-order valence-electron chi connectivity index (χ2n) is 6.19. The van der Waals surface area contributed by atoms with Gasteiger partial charge < -0.3 is 19.1 Å². The normalized spacial score (nSPS) is 12.7. The number of nitro benzene ring substituents is 1. The van der Waals surface area contributed by atoms with Crippen LogP contribution in [0, 0.1) is 10.1 Å². The van der Waals surface area contributed by atoms with Crippen LogP contribution in [-0.4, -0.2) is 54.2 Å². The first-order valence-electron chi connectivity index (χ1n) is 8.99. The van der Waals surface area contributed by atoms with Crippen molar-refractivity contribution >= 4 is 34.2 Å². The maximum absolute atomic E-state index is 12.7. The van der Waals surface area contributed by atoms with Crippen LogP contribution in [0.5, 0.6) is 11.5 Å². The number of carbonyl (C=O) groups is 2. The Hall–Kier alpha value is -3.41. The van der Waals surface area contributed by atoms with Crippen molar-refractivity contribution in [2.75, 3.05) is 32.7 Å². The number of amides is 2. The van der Waals surface area contributed by atoms with Crippen molar-refractivity contribution in [3.8, 4) is 11.5 Å². The minimum Gasteiger partial charge on any atom is -0.493 e. The smallest absolute Gasteiger partial charge is 0.410 e. The summed E-state index contributed by atoms with van der Waals surface area (Å²) in [4.78, 5) is 42.2. The van der Waals surface area contributed by atoms with Crippen LogP contribution in [0.1, 0.15) is 27.9 Å². The summed E-state index contributed by atoms with van der Waals surface area (Å²) in [5, 5.41) is 14.3. The second-order valence-corrected chi connectivity index (χ2v) is 7.28. The third kappa shape index (κ3) is 4.27. The first-order chi connectivity index (χ1) is 14.4. The van der Waals surface area contributed by atoms with Crippen LogP contribution in [0.4, 0.5) is 15.6 Å². The molecule has 3 rings (SSSR count). The molecule has 1 N–H and O–H groups in total. The minimum absolute atomic E-state index is 0.143. The predicted octanol–water partition coefficient (Wildman–Crippen LogP) is 2.84. The first-order valence-corrected chi connectivity index (χ1v) is 9.81. The monoisotopic (exact) mass is 436 g/mol. The number of anilines is 1. The van der Waals surface area contributed by atoms with Gasteiger partial charge in [-0.05, 0) is 6.92 Å². The molecule has 0 radical (unpaired) electrons. The molecule has 2 amide bonds. The number of ether oxygens (including phenoxy) is 3. The van der Waals surface area contributed by atoms with Crippen LogP contribution >= 0.6 is 11.3 Å². The standard InChI is InChI=1S/C18H20N4O7S/c1-4-29-18(24)21-6-5-11-15(9-21)30-17(19-11)20-16(23)10-7-13(27-2)14(28-3)8-12(10)22(25)26/h7-8H,4-6,9H2,1-3H3,(H,19,20,23). The third-order valence-electron chi connectivity index (χ3n) is 4.42. The second kappa shape index (κ2) is 8.95. The van der Waals surface area contributed by atoms with Gasteiger partial charge in [-0.1, -0.05) is 11.3 Å². The molecule has 30 heavy (non-hydrogen) atoms. The van der Waals surface area contributed by atoms with Crippen LogP contribution in [0.2, 0.25) is 0 Å². The molecule has 0 saturated carbocycles. The zero-order chi connectivity index (χ0) is 21.8. The summed E-state index contributed by atoms with van der Waals surface area (Å²) in [6.07, 6.45) is 0.125. The van der Waals surface area contributed by atoms with E-state index < -0.39 is 22.6 Å². The van der Waals surface area contributed by atoms with Gasteiger partial charge in [0.05, 0.1) is 44.1 Å². The summed E-state index contributed by atoms with van der Waals surface area (Å²) in [5.41, 5.74) is 0.177. The lowest BCUT2D eigenvalue weighted by Crippen LogP contribution is -2.35. The van der Waals surface area contributed by atoms with E-state index in [-0.39, 0.29) is 23.7 Å². The lowest BCUT2D eigenvalue weighted by Gasteiger charge is -2.24. The summed E-state index contributed by atoms with van der Waals surface area (Å²) >= 11 is 1.21. The number of aromatic nitrogens is 1. The molecule has 1 aliphatic rings. The number of hydrogen-bond donors (Lipinski definition) is 1. The van der Waals surface area contributed by atoms with Gasteiger partial charge in [-0.25, -0.2) is 9.78 Å². The van der Waals surface area contributed by atoms with Crippen molar-refractivity contribution in [3.63, 3.8) is 0 Å². The lowest BCUT2D eigenvalue weighted by molar-refractivity contribution is -0.385. The number of rotatable bonds is 6. The van der Waals surface area contributed by atoms with E-state index >= 15 is 0 Å². The summed E-state index contributed by atoms with van der Waals surface area (Å²) in [5.74, 6) is -0.364. The Morgan fingerprint density at radius 1 is 1.30 bits per heavy atom. The van der Waals surface area contributed by atoms with Crippen molar-refractivity contribution in [1.29, 1.82) is 0 Å².